The minimum atomic E-state index is -1.17. The maximum atomic E-state index is 10.4. The second-order valence-electron chi connectivity index (χ2n) is 2.73. The molecule has 1 rings (SSSR count). The summed E-state index contributed by atoms with van der Waals surface area (Å²) in [5, 5.41) is 19.5. The van der Waals surface area contributed by atoms with Gasteiger partial charge in [-0.3, -0.25) is 10.1 Å². The Morgan fingerprint density at radius 3 is 2.75 bits per heavy atom. The number of hydrogen-bond acceptors (Lipinski definition) is 4. The summed E-state index contributed by atoms with van der Waals surface area (Å²) in [7, 11) is 0. The predicted octanol–water partition coefficient (Wildman–Crippen LogP) is -0.232. The topological polar surface area (TPSA) is 80.4 Å². The van der Waals surface area contributed by atoms with E-state index in [1.165, 1.54) is 6.08 Å². The Balaban J connectivity index is 2.83. The Labute approximate surface area is 68.8 Å². The van der Waals surface area contributed by atoms with Crippen molar-refractivity contribution in [2.45, 2.75) is 18.6 Å². The molecule has 0 aliphatic heterocycles. The van der Waals surface area contributed by atoms with Gasteiger partial charge in [-0.15, -0.1) is 0 Å². The van der Waals surface area contributed by atoms with E-state index in [0.717, 1.165) is 0 Å². The summed E-state index contributed by atoms with van der Waals surface area (Å²) in [6.45, 7) is 0. The molecule has 66 valence electrons. The molecule has 1 aliphatic carbocycles. The zero-order valence-corrected chi connectivity index (χ0v) is 6.29. The van der Waals surface area contributed by atoms with Crippen LogP contribution < -0.4 is 0 Å². The van der Waals surface area contributed by atoms with Gasteiger partial charge in [0.1, 0.15) is 12.4 Å². The van der Waals surface area contributed by atoms with Crippen LogP contribution in [0.1, 0.15) is 6.42 Å². The average molecular weight is 171 g/mol. The van der Waals surface area contributed by atoms with Crippen molar-refractivity contribution >= 4 is 6.29 Å². The van der Waals surface area contributed by atoms with E-state index in [2.05, 4.69) is 0 Å². The minimum Gasteiger partial charge on any atom is -0.382 e. The third-order valence-corrected chi connectivity index (χ3v) is 1.95. The van der Waals surface area contributed by atoms with Crippen LogP contribution in [0.5, 0.6) is 0 Å². The molecule has 0 unspecified atom stereocenters. The van der Waals surface area contributed by atoms with Crippen LogP contribution in [0, 0.1) is 16.0 Å². The van der Waals surface area contributed by atoms with E-state index in [0.29, 0.717) is 12.7 Å². The SMILES string of the molecule is O=C[C@H]1CC=C[C@H](O)[C@@H]1[N+](=O)[O-]. The number of nitro groups is 1. The number of aldehydes is 1. The van der Waals surface area contributed by atoms with Gasteiger partial charge in [0.05, 0.1) is 5.92 Å². The summed E-state index contributed by atoms with van der Waals surface area (Å²) >= 11 is 0. The number of carbonyl (C=O) groups is 1. The van der Waals surface area contributed by atoms with Crippen molar-refractivity contribution < 1.29 is 14.8 Å². The summed E-state index contributed by atoms with van der Waals surface area (Å²) in [5.74, 6) is -0.694. The highest BCUT2D eigenvalue weighted by atomic mass is 16.6. The first-order valence-electron chi connectivity index (χ1n) is 3.60. The van der Waals surface area contributed by atoms with Crippen molar-refractivity contribution in [2.75, 3.05) is 0 Å². The lowest BCUT2D eigenvalue weighted by Crippen LogP contribution is -2.41. The van der Waals surface area contributed by atoms with Crippen molar-refractivity contribution in [3.63, 3.8) is 0 Å². The van der Waals surface area contributed by atoms with Crippen LogP contribution in [0.15, 0.2) is 12.2 Å². The van der Waals surface area contributed by atoms with Gasteiger partial charge in [0, 0.05) is 4.92 Å². The van der Waals surface area contributed by atoms with Crippen LogP contribution >= 0.6 is 0 Å². The molecule has 0 aromatic rings. The molecule has 0 aromatic carbocycles. The number of aliphatic hydroxyl groups excluding tert-OH is 1. The molecule has 0 aromatic heterocycles. The second kappa shape index (κ2) is 3.44. The van der Waals surface area contributed by atoms with Crippen LogP contribution in [0.4, 0.5) is 0 Å². The monoisotopic (exact) mass is 171 g/mol. The Kier molecular flexibility index (Phi) is 2.54. The van der Waals surface area contributed by atoms with Gasteiger partial charge in [-0.2, -0.15) is 0 Å². The summed E-state index contributed by atoms with van der Waals surface area (Å²) in [6, 6.07) is -1.17. The number of nitrogens with zero attached hydrogens (tertiary/aromatic N) is 1. The molecular formula is C7H9NO4. The molecule has 12 heavy (non-hydrogen) atoms. The predicted molar refractivity (Wildman–Crippen MR) is 40.1 cm³/mol. The fourth-order valence-electron chi connectivity index (χ4n) is 1.30. The van der Waals surface area contributed by atoms with E-state index in [1.54, 1.807) is 6.08 Å². The van der Waals surface area contributed by atoms with Crippen LogP contribution in [0.2, 0.25) is 0 Å². The molecule has 0 saturated carbocycles. The molecule has 0 saturated heterocycles. The molecule has 5 heteroatoms. The van der Waals surface area contributed by atoms with Crippen molar-refractivity contribution in [1.29, 1.82) is 0 Å². The van der Waals surface area contributed by atoms with Crippen molar-refractivity contribution in [3.05, 3.63) is 22.3 Å². The maximum Gasteiger partial charge on any atom is 0.251 e. The zero-order chi connectivity index (χ0) is 9.14. The number of allylic oxidation sites excluding steroid dienone is 1. The van der Waals surface area contributed by atoms with Gasteiger partial charge in [-0.05, 0) is 6.42 Å². The number of aliphatic hydroxyl groups is 1. The standard InChI is InChI=1S/C7H9NO4/c9-4-5-2-1-3-6(10)7(5)8(11)12/h1,3-7,10H,2H2/t5-,6+,7-/m1/s1. The lowest BCUT2D eigenvalue weighted by molar-refractivity contribution is -0.538. The fourth-order valence-corrected chi connectivity index (χ4v) is 1.30. The van der Waals surface area contributed by atoms with E-state index < -0.39 is 23.0 Å². The number of rotatable bonds is 2. The lowest BCUT2D eigenvalue weighted by atomic mass is 9.89. The van der Waals surface area contributed by atoms with E-state index in [-0.39, 0.29) is 0 Å². The van der Waals surface area contributed by atoms with E-state index in [9.17, 15) is 14.9 Å². The second-order valence-corrected chi connectivity index (χ2v) is 2.73. The summed E-state index contributed by atoms with van der Waals surface area (Å²) < 4.78 is 0. The van der Waals surface area contributed by atoms with Crippen molar-refractivity contribution in [3.8, 4) is 0 Å². The van der Waals surface area contributed by atoms with Crippen molar-refractivity contribution in [1.82, 2.24) is 0 Å². The summed E-state index contributed by atoms with van der Waals surface area (Å²) in [5.41, 5.74) is 0. The largest absolute Gasteiger partial charge is 0.382 e. The Bertz CT molecular complexity index is 225. The van der Waals surface area contributed by atoms with Crippen molar-refractivity contribution in [2.24, 2.45) is 5.92 Å². The Morgan fingerprint density at radius 1 is 1.67 bits per heavy atom. The average Bonchev–Trinajstić information content (AvgIpc) is 2.03. The fraction of sp³-hybridized carbons (Fsp3) is 0.571. The molecule has 0 spiro atoms. The Morgan fingerprint density at radius 2 is 2.33 bits per heavy atom. The summed E-state index contributed by atoms with van der Waals surface area (Å²) in [6.07, 6.45) is 2.67. The normalized spacial score (nSPS) is 34.6. The molecule has 3 atom stereocenters. The first kappa shape index (κ1) is 8.86. The van der Waals surface area contributed by atoms with E-state index >= 15 is 0 Å². The molecule has 0 bridgehead atoms. The highest BCUT2D eigenvalue weighted by Gasteiger charge is 2.38. The van der Waals surface area contributed by atoms with Crippen LogP contribution in [-0.4, -0.2) is 28.5 Å². The van der Waals surface area contributed by atoms with Gasteiger partial charge in [0.25, 0.3) is 6.04 Å². The van der Waals surface area contributed by atoms with Crippen LogP contribution in [-0.2, 0) is 4.79 Å². The minimum absolute atomic E-state index is 0.339. The summed E-state index contributed by atoms with van der Waals surface area (Å²) in [4.78, 5) is 20.2. The molecule has 0 amide bonds. The first-order chi connectivity index (χ1) is 5.66. The van der Waals surface area contributed by atoms with Gasteiger partial charge in [0.2, 0.25) is 0 Å². The number of hydrogen-bond donors (Lipinski definition) is 1. The zero-order valence-electron chi connectivity index (χ0n) is 6.29. The third-order valence-electron chi connectivity index (χ3n) is 1.95. The molecule has 0 fully saturated rings. The molecule has 1 aliphatic rings. The highest BCUT2D eigenvalue weighted by Crippen LogP contribution is 2.19. The quantitative estimate of drug-likeness (QED) is 0.269. The van der Waals surface area contributed by atoms with Gasteiger partial charge in [-0.25, -0.2) is 0 Å². The first-order valence-corrected chi connectivity index (χ1v) is 3.60. The smallest absolute Gasteiger partial charge is 0.251 e. The van der Waals surface area contributed by atoms with Crippen LogP contribution in [0.25, 0.3) is 0 Å². The van der Waals surface area contributed by atoms with Crippen LogP contribution in [0.3, 0.4) is 0 Å². The van der Waals surface area contributed by atoms with Gasteiger partial charge >= 0.3 is 0 Å². The molecular weight excluding hydrogens is 162 g/mol. The molecule has 5 nitrogen and oxygen atoms in total. The van der Waals surface area contributed by atoms with E-state index in [4.69, 9.17) is 5.11 Å². The van der Waals surface area contributed by atoms with E-state index in [1.807, 2.05) is 0 Å². The Hall–Kier alpha value is -1.23. The molecule has 0 heterocycles. The highest BCUT2D eigenvalue weighted by molar-refractivity contribution is 5.55. The van der Waals surface area contributed by atoms with Gasteiger partial charge < -0.3 is 9.90 Å². The molecule has 1 N–H and O–H groups in total. The third kappa shape index (κ3) is 1.50. The lowest BCUT2D eigenvalue weighted by Gasteiger charge is -2.20. The number of carbonyl (C=O) groups excluding carboxylic acids is 1. The van der Waals surface area contributed by atoms with Gasteiger partial charge in [-0.1, -0.05) is 12.2 Å². The molecule has 0 radical (unpaired) electrons. The maximum absolute atomic E-state index is 10.4. The van der Waals surface area contributed by atoms with Gasteiger partial charge in [0.15, 0.2) is 0 Å².